The van der Waals surface area contributed by atoms with Crippen molar-refractivity contribution in [3.05, 3.63) is 21.9 Å². The van der Waals surface area contributed by atoms with Crippen LogP contribution < -0.4 is 5.32 Å². The number of carbonyl (C=O) groups is 1. The first-order valence-electron chi connectivity index (χ1n) is 8.86. The molecule has 0 spiro atoms. The highest BCUT2D eigenvalue weighted by Gasteiger charge is 2.33. The predicted octanol–water partition coefficient (Wildman–Crippen LogP) is 3.46. The van der Waals surface area contributed by atoms with Gasteiger partial charge < -0.3 is 15.1 Å². The topological polar surface area (TPSA) is 35.6 Å². The SMILES string of the molecule is Cc1ccsc1CN(C(=O)NC[C@H]1CCN(C(C)C)C1)C1CC1. The van der Waals surface area contributed by atoms with E-state index in [1.54, 1.807) is 11.3 Å². The fourth-order valence-electron chi connectivity index (χ4n) is 3.31. The van der Waals surface area contributed by atoms with E-state index >= 15 is 0 Å². The number of hydrogen-bond acceptors (Lipinski definition) is 3. The quantitative estimate of drug-likeness (QED) is 0.864. The van der Waals surface area contributed by atoms with Gasteiger partial charge in [-0.05, 0) is 69.5 Å². The minimum Gasteiger partial charge on any atom is -0.338 e. The van der Waals surface area contributed by atoms with Crippen molar-refractivity contribution in [2.75, 3.05) is 19.6 Å². The van der Waals surface area contributed by atoms with Crippen LogP contribution in [0.5, 0.6) is 0 Å². The minimum atomic E-state index is 0.128. The number of hydrogen-bond donors (Lipinski definition) is 1. The normalized spacial score (nSPS) is 21.8. The van der Waals surface area contributed by atoms with Crippen molar-refractivity contribution in [3.8, 4) is 0 Å². The maximum atomic E-state index is 12.6. The number of nitrogens with one attached hydrogen (secondary N) is 1. The number of amides is 2. The number of nitrogens with zero attached hydrogens (tertiary/aromatic N) is 2. The number of rotatable bonds is 6. The van der Waals surface area contributed by atoms with E-state index in [0.29, 0.717) is 18.0 Å². The maximum absolute atomic E-state index is 12.6. The number of urea groups is 1. The van der Waals surface area contributed by atoms with E-state index in [9.17, 15) is 4.79 Å². The van der Waals surface area contributed by atoms with Crippen LogP contribution in [0, 0.1) is 12.8 Å². The van der Waals surface area contributed by atoms with Gasteiger partial charge >= 0.3 is 6.03 Å². The molecule has 23 heavy (non-hydrogen) atoms. The zero-order valence-corrected chi connectivity index (χ0v) is 15.4. The van der Waals surface area contributed by atoms with Gasteiger partial charge in [-0.1, -0.05) is 0 Å². The third-order valence-corrected chi connectivity index (χ3v) is 6.13. The summed E-state index contributed by atoms with van der Waals surface area (Å²) in [4.78, 5) is 18.5. The number of aryl methyl sites for hydroxylation is 1. The van der Waals surface area contributed by atoms with Crippen LogP contribution in [-0.4, -0.2) is 47.5 Å². The van der Waals surface area contributed by atoms with E-state index in [2.05, 4.69) is 42.4 Å². The molecule has 1 saturated heterocycles. The molecule has 1 aromatic heterocycles. The number of likely N-dealkylation sites (tertiary alicyclic amines) is 1. The van der Waals surface area contributed by atoms with Crippen molar-refractivity contribution in [1.82, 2.24) is 15.1 Å². The molecule has 0 radical (unpaired) electrons. The Hall–Kier alpha value is -1.07. The van der Waals surface area contributed by atoms with Crippen molar-refractivity contribution < 1.29 is 4.79 Å². The summed E-state index contributed by atoms with van der Waals surface area (Å²) >= 11 is 1.76. The molecule has 5 heteroatoms. The number of thiophene rings is 1. The molecule has 1 aliphatic carbocycles. The third-order valence-electron chi connectivity index (χ3n) is 5.12. The summed E-state index contributed by atoms with van der Waals surface area (Å²) in [5.74, 6) is 0.603. The summed E-state index contributed by atoms with van der Waals surface area (Å²) in [7, 11) is 0. The molecule has 0 unspecified atom stereocenters. The van der Waals surface area contributed by atoms with Gasteiger partial charge in [-0.2, -0.15) is 0 Å². The van der Waals surface area contributed by atoms with Gasteiger partial charge in [-0.15, -0.1) is 11.3 Å². The van der Waals surface area contributed by atoms with Crippen molar-refractivity contribution >= 4 is 17.4 Å². The molecule has 3 rings (SSSR count). The molecular weight excluding hydrogens is 306 g/mol. The van der Waals surface area contributed by atoms with Gasteiger partial charge in [0.25, 0.3) is 0 Å². The van der Waals surface area contributed by atoms with Crippen LogP contribution in [0.4, 0.5) is 4.79 Å². The second-order valence-electron chi connectivity index (χ2n) is 7.32. The molecule has 1 atom stereocenters. The van der Waals surface area contributed by atoms with Gasteiger partial charge in [0.15, 0.2) is 0 Å². The molecule has 2 amide bonds. The van der Waals surface area contributed by atoms with Gasteiger partial charge in [0, 0.05) is 30.1 Å². The van der Waals surface area contributed by atoms with E-state index in [0.717, 1.165) is 32.5 Å². The summed E-state index contributed by atoms with van der Waals surface area (Å²) in [6.07, 6.45) is 3.51. The van der Waals surface area contributed by atoms with Crippen LogP contribution in [0.1, 0.15) is 43.6 Å². The van der Waals surface area contributed by atoms with Crippen LogP contribution in [-0.2, 0) is 6.54 Å². The number of carbonyl (C=O) groups excluding carboxylic acids is 1. The van der Waals surface area contributed by atoms with Crippen molar-refractivity contribution in [3.63, 3.8) is 0 Å². The summed E-state index contributed by atoms with van der Waals surface area (Å²) in [5.41, 5.74) is 1.30. The van der Waals surface area contributed by atoms with Crippen LogP contribution in [0.25, 0.3) is 0 Å². The second kappa shape index (κ2) is 7.22. The van der Waals surface area contributed by atoms with Crippen LogP contribution in [0.2, 0.25) is 0 Å². The molecule has 128 valence electrons. The summed E-state index contributed by atoms with van der Waals surface area (Å²) < 4.78 is 0. The second-order valence-corrected chi connectivity index (χ2v) is 8.32. The average molecular weight is 336 g/mol. The van der Waals surface area contributed by atoms with Gasteiger partial charge in [0.05, 0.1) is 6.54 Å². The molecule has 4 nitrogen and oxygen atoms in total. The smallest absolute Gasteiger partial charge is 0.317 e. The molecule has 2 fully saturated rings. The lowest BCUT2D eigenvalue weighted by atomic mass is 10.1. The Morgan fingerprint density at radius 3 is 2.78 bits per heavy atom. The van der Waals surface area contributed by atoms with Crippen LogP contribution in [0.15, 0.2) is 11.4 Å². The first kappa shape index (κ1) is 16.8. The minimum absolute atomic E-state index is 0.128. The Labute approximate surface area is 143 Å². The standard InChI is InChI=1S/C18H29N3OS/c1-13(2)20-8-6-15(11-20)10-19-18(22)21(16-4-5-16)12-17-14(3)7-9-23-17/h7,9,13,15-16H,4-6,8,10-12H2,1-3H3,(H,19,22)/t15-/m1/s1. The third kappa shape index (κ3) is 4.27. The summed E-state index contributed by atoms with van der Waals surface area (Å²) in [5, 5.41) is 5.32. The molecule has 1 aromatic rings. The lowest BCUT2D eigenvalue weighted by Gasteiger charge is -2.24. The Morgan fingerprint density at radius 2 is 2.22 bits per heavy atom. The zero-order chi connectivity index (χ0) is 16.4. The Balaban J connectivity index is 1.50. The van der Waals surface area contributed by atoms with Gasteiger partial charge in [0.1, 0.15) is 0 Å². The maximum Gasteiger partial charge on any atom is 0.317 e. The van der Waals surface area contributed by atoms with Gasteiger partial charge in [-0.25, -0.2) is 4.79 Å². The molecule has 0 aromatic carbocycles. The summed E-state index contributed by atoms with van der Waals surface area (Å²) in [6.45, 7) is 10.5. The Kier molecular flexibility index (Phi) is 5.27. The van der Waals surface area contributed by atoms with E-state index in [1.165, 1.54) is 23.4 Å². The highest BCUT2D eigenvalue weighted by Crippen LogP contribution is 2.30. The predicted molar refractivity (Wildman–Crippen MR) is 95.8 cm³/mol. The highest BCUT2D eigenvalue weighted by atomic mass is 32.1. The van der Waals surface area contributed by atoms with Crippen LogP contribution in [0.3, 0.4) is 0 Å². The van der Waals surface area contributed by atoms with E-state index in [4.69, 9.17) is 0 Å². The lowest BCUT2D eigenvalue weighted by Crippen LogP contribution is -2.43. The monoisotopic (exact) mass is 335 g/mol. The molecule has 0 bridgehead atoms. The summed E-state index contributed by atoms with van der Waals surface area (Å²) in [6, 6.07) is 3.33. The fourth-order valence-corrected chi connectivity index (χ4v) is 4.21. The Bertz CT molecular complexity index is 538. The van der Waals surface area contributed by atoms with E-state index in [-0.39, 0.29) is 6.03 Å². The van der Waals surface area contributed by atoms with Crippen LogP contribution >= 0.6 is 11.3 Å². The first-order valence-corrected chi connectivity index (χ1v) is 9.74. The highest BCUT2D eigenvalue weighted by molar-refractivity contribution is 7.10. The van der Waals surface area contributed by atoms with E-state index < -0.39 is 0 Å². The Morgan fingerprint density at radius 1 is 1.43 bits per heavy atom. The van der Waals surface area contributed by atoms with Gasteiger partial charge in [0.2, 0.25) is 0 Å². The van der Waals surface area contributed by atoms with Crippen molar-refractivity contribution in [2.45, 2.75) is 58.7 Å². The van der Waals surface area contributed by atoms with Crippen molar-refractivity contribution in [2.24, 2.45) is 5.92 Å². The molecule has 1 aliphatic heterocycles. The average Bonchev–Trinajstić information content (AvgIpc) is 3.09. The zero-order valence-electron chi connectivity index (χ0n) is 14.5. The van der Waals surface area contributed by atoms with Crippen molar-refractivity contribution in [1.29, 1.82) is 0 Å². The largest absolute Gasteiger partial charge is 0.338 e. The first-order chi connectivity index (χ1) is 11.0. The molecule has 2 aliphatic rings. The fraction of sp³-hybridized carbons (Fsp3) is 0.722. The lowest BCUT2D eigenvalue weighted by molar-refractivity contribution is 0.190. The van der Waals surface area contributed by atoms with Gasteiger partial charge in [-0.3, -0.25) is 0 Å². The molecule has 1 N–H and O–H groups in total. The van der Waals surface area contributed by atoms with E-state index in [1.807, 2.05) is 4.90 Å². The molecular formula is C18H29N3OS. The molecule has 1 saturated carbocycles. The molecule has 2 heterocycles.